The van der Waals surface area contributed by atoms with Crippen molar-refractivity contribution in [1.29, 1.82) is 0 Å². The van der Waals surface area contributed by atoms with E-state index >= 15 is 0 Å². The third kappa shape index (κ3) is 3.56. The van der Waals surface area contributed by atoms with Gasteiger partial charge in [-0.2, -0.15) is 0 Å². The first-order valence-electron chi connectivity index (χ1n) is 6.58. The summed E-state index contributed by atoms with van der Waals surface area (Å²) in [5, 5.41) is 11.9. The van der Waals surface area contributed by atoms with E-state index in [1.165, 1.54) is 0 Å². The van der Waals surface area contributed by atoms with E-state index in [0.717, 1.165) is 12.0 Å². The molecule has 1 amide bonds. The second-order valence-corrected chi connectivity index (χ2v) is 4.85. The van der Waals surface area contributed by atoms with Gasteiger partial charge in [-0.3, -0.25) is 4.79 Å². The number of carboxylic acids is 1. The second-order valence-electron chi connectivity index (χ2n) is 4.85. The minimum Gasteiger partial charge on any atom is -0.480 e. The molecule has 4 nitrogen and oxygen atoms in total. The molecule has 2 N–H and O–H groups in total. The molecular formula is C15H21NO3. The summed E-state index contributed by atoms with van der Waals surface area (Å²) in [5.74, 6) is -1.33. The van der Waals surface area contributed by atoms with E-state index in [2.05, 4.69) is 5.32 Å². The van der Waals surface area contributed by atoms with Gasteiger partial charge < -0.3 is 10.4 Å². The smallest absolute Gasteiger partial charge is 0.329 e. The number of aryl methyl sites for hydroxylation is 1. The third-order valence-electron chi connectivity index (χ3n) is 3.25. The van der Waals surface area contributed by atoms with Crippen molar-refractivity contribution in [3.05, 3.63) is 35.4 Å². The number of aliphatic carboxylic acids is 1. The van der Waals surface area contributed by atoms with Crippen LogP contribution < -0.4 is 5.32 Å². The van der Waals surface area contributed by atoms with Crippen molar-refractivity contribution in [1.82, 2.24) is 5.32 Å². The number of carboxylic acid groups (broad SMARTS) is 1. The quantitative estimate of drug-likeness (QED) is 0.829. The van der Waals surface area contributed by atoms with Gasteiger partial charge in [0, 0.05) is 5.56 Å². The van der Waals surface area contributed by atoms with Crippen LogP contribution in [0, 0.1) is 0 Å². The zero-order valence-corrected chi connectivity index (χ0v) is 11.7. The topological polar surface area (TPSA) is 66.4 Å². The van der Waals surface area contributed by atoms with Crippen molar-refractivity contribution >= 4 is 11.9 Å². The molecule has 0 radical (unpaired) electrons. The van der Waals surface area contributed by atoms with Gasteiger partial charge in [-0.25, -0.2) is 4.79 Å². The summed E-state index contributed by atoms with van der Waals surface area (Å²) in [6.07, 6.45) is 1.84. The van der Waals surface area contributed by atoms with Crippen molar-refractivity contribution in [2.24, 2.45) is 0 Å². The predicted molar refractivity (Wildman–Crippen MR) is 74.2 cm³/mol. The molecule has 0 spiro atoms. The maximum atomic E-state index is 12.2. The zero-order valence-electron chi connectivity index (χ0n) is 11.7. The molecule has 0 bridgehead atoms. The Labute approximate surface area is 113 Å². The van der Waals surface area contributed by atoms with Gasteiger partial charge in [-0.15, -0.1) is 0 Å². The van der Waals surface area contributed by atoms with Crippen molar-refractivity contribution in [2.45, 2.75) is 45.6 Å². The van der Waals surface area contributed by atoms with E-state index in [4.69, 9.17) is 0 Å². The van der Waals surface area contributed by atoms with E-state index in [1.54, 1.807) is 19.1 Å². The number of benzene rings is 1. The van der Waals surface area contributed by atoms with Crippen molar-refractivity contribution in [2.75, 3.05) is 0 Å². The van der Waals surface area contributed by atoms with Crippen LogP contribution in [0.4, 0.5) is 0 Å². The summed E-state index contributed by atoms with van der Waals surface area (Å²) in [6.45, 7) is 5.41. The monoisotopic (exact) mass is 263 g/mol. The number of carbonyl (C=O) groups excluding carboxylic acids is 1. The first-order chi connectivity index (χ1) is 8.94. The Morgan fingerprint density at radius 3 is 2.42 bits per heavy atom. The molecule has 0 heterocycles. The Bertz CT molecular complexity index is 470. The lowest BCUT2D eigenvalue weighted by molar-refractivity contribution is -0.144. The summed E-state index contributed by atoms with van der Waals surface area (Å²) in [6, 6.07) is 7.26. The summed E-state index contributed by atoms with van der Waals surface area (Å²) in [5.41, 5.74) is 0.255. The zero-order chi connectivity index (χ0) is 14.5. The van der Waals surface area contributed by atoms with E-state index in [-0.39, 0.29) is 5.91 Å². The molecule has 1 unspecified atom stereocenters. The Morgan fingerprint density at radius 1 is 1.26 bits per heavy atom. The van der Waals surface area contributed by atoms with E-state index in [0.29, 0.717) is 18.4 Å². The number of amides is 1. The highest BCUT2D eigenvalue weighted by Crippen LogP contribution is 2.16. The van der Waals surface area contributed by atoms with Gasteiger partial charge in [-0.1, -0.05) is 38.5 Å². The molecule has 0 saturated heterocycles. The molecule has 0 fully saturated rings. The molecule has 1 aromatic carbocycles. The number of nitrogens with one attached hydrogen (secondary N) is 1. The van der Waals surface area contributed by atoms with E-state index in [1.807, 2.05) is 26.0 Å². The maximum absolute atomic E-state index is 12.2. The molecule has 19 heavy (non-hydrogen) atoms. The molecule has 1 aromatic rings. The van der Waals surface area contributed by atoms with Gasteiger partial charge in [0.15, 0.2) is 0 Å². The number of rotatable bonds is 6. The Hall–Kier alpha value is -1.84. The van der Waals surface area contributed by atoms with E-state index in [9.17, 15) is 14.7 Å². The predicted octanol–water partition coefficient (Wildman–Crippen LogP) is 2.62. The lowest BCUT2D eigenvalue weighted by Gasteiger charge is -2.26. The highest BCUT2D eigenvalue weighted by Gasteiger charge is 2.34. The molecule has 0 aliphatic rings. The fourth-order valence-corrected chi connectivity index (χ4v) is 2.09. The van der Waals surface area contributed by atoms with E-state index < -0.39 is 11.5 Å². The second kappa shape index (κ2) is 6.36. The summed E-state index contributed by atoms with van der Waals surface area (Å²) >= 11 is 0. The Balaban J connectivity index is 2.97. The summed E-state index contributed by atoms with van der Waals surface area (Å²) in [4.78, 5) is 23.6. The highest BCUT2D eigenvalue weighted by molar-refractivity contribution is 5.98. The fraction of sp³-hybridized carbons (Fsp3) is 0.467. The minimum absolute atomic E-state index is 0.323. The molecule has 4 heteroatoms. The van der Waals surface area contributed by atoms with Crippen LogP contribution in [-0.4, -0.2) is 22.5 Å². The normalized spacial score (nSPS) is 13.6. The fourth-order valence-electron chi connectivity index (χ4n) is 2.09. The Morgan fingerprint density at radius 2 is 1.89 bits per heavy atom. The van der Waals surface area contributed by atoms with Gasteiger partial charge in [0.25, 0.3) is 5.91 Å². The average Bonchev–Trinajstić information content (AvgIpc) is 2.38. The standard InChI is InChI=1S/C15H21NO3/c1-4-10-15(3,14(18)19)16-13(17)12-9-7-6-8-11(12)5-2/h6-9H,4-5,10H2,1-3H3,(H,16,17)(H,18,19). The lowest BCUT2D eigenvalue weighted by Crippen LogP contribution is -2.52. The first kappa shape index (κ1) is 15.2. The largest absolute Gasteiger partial charge is 0.480 e. The molecule has 104 valence electrons. The van der Waals surface area contributed by atoms with Crippen LogP contribution in [0.3, 0.4) is 0 Å². The molecular weight excluding hydrogens is 242 g/mol. The molecule has 0 saturated carbocycles. The van der Waals surface area contributed by atoms with Crippen LogP contribution in [0.25, 0.3) is 0 Å². The molecule has 1 rings (SSSR count). The lowest BCUT2D eigenvalue weighted by atomic mass is 9.95. The minimum atomic E-state index is -1.22. The third-order valence-corrected chi connectivity index (χ3v) is 3.25. The van der Waals surface area contributed by atoms with Crippen LogP contribution in [0.15, 0.2) is 24.3 Å². The van der Waals surface area contributed by atoms with Crippen molar-refractivity contribution < 1.29 is 14.7 Å². The van der Waals surface area contributed by atoms with Gasteiger partial charge in [0.2, 0.25) is 0 Å². The summed E-state index contributed by atoms with van der Waals surface area (Å²) in [7, 11) is 0. The van der Waals surface area contributed by atoms with Crippen LogP contribution >= 0.6 is 0 Å². The Kier molecular flexibility index (Phi) is 5.10. The average molecular weight is 263 g/mol. The summed E-state index contributed by atoms with van der Waals surface area (Å²) < 4.78 is 0. The van der Waals surface area contributed by atoms with Crippen LogP contribution in [0.5, 0.6) is 0 Å². The van der Waals surface area contributed by atoms with Gasteiger partial charge in [0.05, 0.1) is 0 Å². The number of hydrogen-bond acceptors (Lipinski definition) is 2. The first-order valence-corrected chi connectivity index (χ1v) is 6.58. The van der Waals surface area contributed by atoms with Crippen LogP contribution in [0.1, 0.15) is 49.5 Å². The molecule has 1 atom stereocenters. The molecule has 0 aliphatic carbocycles. The molecule has 0 aliphatic heterocycles. The highest BCUT2D eigenvalue weighted by atomic mass is 16.4. The number of hydrogen-bond donors (Lipinski definition) is 2. The van der Waals surface area contributed by atoms with Gasteiger partial charge >= 0.3 is 5.97 Å². The molecule has 0 aromatic heterocycles. The number of carbonyl (C=O) groups is 2. The SMILES string of the molecule is CCCC(C)(NC(=O)c1ccccc1CC)C(=O)O. The van der Waals surface area contributed by atoms with Crippen LogP contribution in [0.2, 0.25) is 0 Å². The van der Waals surface area contributed by atoms with Crippen molar-refractivity contribution in [3.8, 4) is 0 Å². The van der Waals surface area contributed by atoms with Crippen molar-refractivity contribution in [3.63, 3.8) is 0 Å². The van der Waals surface area contributed by atoms with Gasteiger partial charge in [-0.05, 0) is 31.4 Å². The van der Waals surface area contributed by atoms with Crippen LogP contribution in [-0.2, 0) is 11.2 Å². The van der Waals surface area contributed by atoms with Gasteiger partial charge in [0.1, 0.15) is 5.54 Å². The maximum Gasteiger partial charge on any atom is 0.329 e.